The van der Waals surface area contributed by atoms with Gasteiger partial charge in [0.05, 0.1) is 17.8 Å². The zero-order valence-electron chi connectivity index (χ0n) is 14.6. The summed E-state index contributed by atoms with van der Waals surface area (Å²) in [6, 6.07) is 18.0. The van der Waals surface area contributed by atoms with Crippen molar-refractivity contribution >= 4 is 17.0 Å². The van der Waals surface area contributed by atoms with E-state index in [1.54, 1.807) is 13.8 Å². The van der Waals surface area contributed by atoms with Gasteiger partial charge in [-0.15, -0.1) is 0 Å². The molecule has 134 valence electrons. The molecule has 0 saturated heterocycles. The van der Waals surface area contributed by atoms with E-state index in [1.807, 2.05) is 54.6 Å². The summed E-state index contributed by atoms with van der Waals surface area (Å²) in [5.74, 6) is -0.720. The van der Waals surface area contributed by atoms with Crippen molar-refractivity contribution in [3.05, 3.63) is 60.2 Å². The van der Waals surface area contributed by atoms with Crippen molar-refractivity contribution in [3.63, 3.8) is 0 Å². The Balaban J connectivity index is 2.04. The number of benzene rings is 2. The van der Waals surface area contributed by atoms with E-state index in [-0.39, 0.29) is 5.97 Å². The molecule has 0 aromatic heterocycles. The van der Waals surface area contributed by atoms with Gasteiger partial charge in [0.15, 0.2) is 11.1 Å². The van der Waals surface area contributed by atoms with Gasteiger partial charge in [0.25, 0.3) is 0 Å². The predicted molar refractivity (Wildman–Crippen MR) is 101 cm³/mol. The number of ether oxygens (including phenoxy) is 1. The second kappa shape index (κ2) is 9.49. The monoisotopic (exact) mass is 360 g/mol. The van der Waals surface area contributed by atoms with Gasteiger partial charge in [0, 0.05) is 0 Å². The fraction of sp³-hybridized carbons (Fsp3) is 0.350. The second-order valence-corrected chi connectivity index (χ2v) is 7.27. The van der Waals surface area contributed by atoms with Crippen LogP contribution in [0, 0.1) is 5.92 Å². The molecule has 3 atom stereocenters. The van der Waals surface area contributed by atoms with Crippen LogP contribution in [0.1, 0.15) is 25.8 Å². The molecule has 25 heavy (non-hydrogen) atoms. The van der Waals surface area contributed by atoms with E-state index in [1.165, 1.54) is 0 Å². The van der Waals surface area contributed by atoms with Gasteiger partial charge in [0.2, 0.25) is 0 Å². The lowest BCUT2D eigenvalue weighted by atomic mass is 9.98. The molecule has 0 spiro atoms. The lowest BCUT2D eigenvalue weighted by Crippen LogP contribution is -2.25. The lowest BCUT2D eigenvalue weighted by molar-refractivity contribution is -0.147. The molecule has 2 rings (SSSR count). The molecule has 0 aliphatic carbocycles. The van der Waals surface area contributed by atoms with Crippen LogP contribution in [0.15, 0.2) is 54.6 Å². The Bertz CT molecular complexity index is 697. The van der Waals surface area contributed by atoms with E-state index in [0.29, 0.717) is 19.4 Å². The standard InChI is InChI=1S/C20H24O4S/c1-3-24-20(21)15(2)13-19(25(22)23)14-16-9-11-18(12-10-16)17-7-5-4-6-8-17/h4-12,15,19H,3,13-14H2,1-2H3,(H,22,23)/t15-,19?/m1/s1. The molecule has 2 unspecified atom stereocenters. The number of carbonyl (C=O) groups excluding carboxylic acids is 1. The third-order valence-electron chi connectivity index (χ3n) is 4.11. The topological polar surface area (TPSA) is 63.6 Å². The first-order valence-electron chi connectivity index (χ1n) is 8.42. The van der Waals surface area contributed by atoms with Crippen LogP contribution in [0.5, 0.6) is 0 Å². The highest BCUT2D eigenvalue weighted by Crippen LogP contribution is 2.22. The van der Waals surface area contributed by atoms with Gasteiger partial charge in [-0.1, -0.05) is 61.5 Å². The van der Waals surface area contributed by atoms with Crippen molar-refractivity contribution in [2.24, 2.45) is 5.92 Å². The second-order valence-electron chi connectivity index (χ2n) is 6.05. The van der Waals surface area contributed by atoms with Crippen LogP contribution in [0.3, 0.4) is 0 Å². The molecule has 2 aromatic carbocycles. The summed E-state index contributed by atoms with van der Waals surface area (Å²) < 4.78 is 26.2. The molecule has 2 aromatic rings. The SMILES string of the molecule is CCOC(=O)[C@H](C)CC(Cc1ccc(-c2ccccc2)cc1)S(=O)O. The normalized spacial score (nSPS) is 14.5. The van der Waals surface area contributed by atoms with Crippen LogP contribution >= 0.6 is 0 Å². The summed E-state index contributed by atoms with van der Waals surface area (Å²) >= 11 is -1.99. The number of esters is 1. The minimum atomic E-state index is -1.99. The Hall–Kier alpha value is -1.98. The molecule has 0 radical (unpaired) electrons. The molecule has 0 heterocycles. The maximum Gasteiger partial charge on any atom is 0.308 e. The molecule has 0 fully saturated rings. The van der Waals surface area contributed by atoms with E-state index >= 15 is 0 Å². The summed E-state index contributed by atoms with van der Waals surface area (Å²) in [4.78, 5) is 11.8. The van der Waals surface area contributed by atoms with E-state index in [2.05, 4.69) is 0 Å². The quantitative estimate of drug-likeness (QED) is 0.569. The van der Waals surface area contributed by atoms with Gasteiger partial charge < -0.3 is 9.29 Å². The summed E-state index contributed by atoms with van der Waals surface area (Å²) in [5, 5.41) is -0.498. The minimum absolute atomic E-state index is 0.316. The largest absolute Gasteiger partial charge is 0.466 e. The summed E-state index contributed by atoms with van der Waals surface area (Å²) in [6.45, 7) is 3.80. The Labute approximate surface area is 151 Å². The third-order valence-corrected chi connectivity index (χ3v) is 5.04. The van der Waals surface area contributed by atoms with Gasteiger partial charge in [-0.3, -0.25) is 4.79 Å². The smallest absolute Gasteiger partial charge is 0.308 e. The summed E-state index contributed by atoms with van der Waals surface area (Å²) in [5.41, 5.74) is 3.21. The summed E-state index contributed by atoms with van der Waals surface area (Å²) in [7, 11) is 0. The molecule has 0 aliphatic heterocycles. The maximum absolute atomic E-state index is 11.8. The van der Waals surface area contributed by atoms with Gasteiger partial charge in [0.1, 0.15) is 0 Å². The van der Waals surface area contributed by atoms with Crippen molar-refractivity contribution < 1.29 is 18.3 Å². The van der Waals surface area contributed by atoms with Gasteiger partial charge in [-0.05, 0) is 36.5 Å². The Morgan fingerprint density at radius 1 is 1.08 bits per heavy atom. The van der Waals surface area contributed by atoms with E-state index in [9.17, 15) is 13.6 Å². The van der Waals surface area contributed by atoms with Gasteiger partial charge in [-0.2, -0.15) is 0 Å². The van der Waals surface area contributed by atoms with Crippen LogP contribution in [0.4, 0.5) is 0 Å². The molecule has 5 heteroatoms. The van der Waals surface area contributed by atoms with Crippen molar-refractivity contribution in [2.45, 2.75) is 31.9 Å². The number of carbonyl (C=O) groups is 1. The first kappa shape index (κ1) is 19.3. The highest BCUT2D eigenvalue weighted by Gasteiger charge is 2.24. The molecule has 4 nitrogen and oxygen atoms in total. The van der Waals surface area contributed by atoms with Crippen LogP contribution in [-0.2, 0) is 27.0 Å². The van der Waals surface area contributed by atoms with Crippen molar-refractivity contribution in [3.8, 4) is 11.1 Å². The van der Waals surface area contributed by atoms with Crippen LogP contribution in [-0.4, -0.2) is 26.6 Å². The third kappa shape index (κ3) is 5.80. The average Bonchev–Trinajstić information content (AvgIpc) is 2.62. The summed E-state index contributed by atoms with van der Waals surface area (Å²) in [6.07, 6.45) is 0.768. The Morgan fingerprint density at radius 2 is 1.68 bits per heavy atom. The first-order valence-corrected chi connectivity index (χ1v) is 9.59. The number of rotatable bonds is 8. The molecular weight excluding hydrogens is 336 g/mol. The molecule has 0 amide bonds. The minimum Gasteiger partial charge on any atom is -0.466 e. The predicted octanol–water partition coefficient (Wildman–Crippen LogP) is 4.08. The van der Waals surface area contributed by atoms with E-state index in [4.69, 9.17) is 4.74 Å². The fourth-order valence-corrected chi connectivity index (χ4v) is 3.53. The molecule has 0 saturated carbocycles. The first-order chi connectivity index (χ1) is 12.0. The van der Waals surface area contributed by atoms with Crippen molar-refractivity contribution in [2.75, 3.05) is 6.61 Å². The highest BCUT2D eigenvalue weighted by atomic mass is 32.2. The maximum atomic E-state index is 11.8. The zero-order chi connectivity index (χ0) is 18.2. The highest BCUT2D eigenvalue weighted by molar-refractivity contribution is 7.79. The van der Waals surface area contributed by atoms with Gasteiger partial charge in [-0.25, -0.2) is 4.21 Å². The molecule has 1 N–H and O–H groups in total. The molecular formula is C20H24O4S. The lowest BCUT2D eigenvalue weighted by Gasteiger charge is -2.17. The fourth-order valence-electron chi connectivity index (χ4n) is 2.74. The Kier molecular flexibility index (Phi) is 7.34. The molecule has 0 bridgehead atoms. The van der Waals surface area contributed by atoms with E-state index in [0.717, 1.165) is 16.7 Å². The van der Waals surface area contributed by atoms with Crippen LogP contribution in [0.25, 0.3) is 11.1 Å². The average molecular weight is 360 g/mol. The van der Waals surface area contributed by atoms with Gasteiger partial charge >= 0.3 is 5.97 Å². The van der Waals surface area contributed by atoms with Crippen molar-refractivity contribution in [1.29, 1.82) is 0 Å². The van der Waals surface area contributed by atoms with Crippen molar-refractivity contribution in [1.82, 2.24) is 0 Å². The Morgan fingerprint density at radius 3 is 2.24 bits per heavy atom. The number of hydrogen-bond acceptors (Lipinski definition) is 3. The molecule has 0 aliphatic rings. The van der Waals surface area contributed by atoms with Crippen LogP contribution in [0.2, 0.25) is 0 Å². The van der Waals surface area contributed by atoms with Crippen LogP contribution < -0.4 is 0 Å². The van der Waals surface area contributed by atoms with E-state index < -0.39 is 22.2 Å². The zero-order valence-corrected chi connectivity index (χ0v) is 15.4. The number of hydrogen-bond donors (Lipinski definition) is 1.